The second-order valence-electron chi connectivity index (χ2n) is 6.70. The van der Waals surface area contributed by atoms with E-state index in [1.807, 2.05) is 0 Å². The van der Waals surface area contributed by atoms with Gasteiger partial charge in [-0.25, -0.2) is 0 Å². The SMILES string of the molecule is NC(=O)CCOc1ccc(NC(=O)c2cccc(Oc3cccc(C(F)(F)F)c3)c2)cc1. The molecule has 0 saturated heterocycles. The Hall–Kier alpha value is -4.01. The van der Waals surface area contributed by atoms with Gasteiger partial charge >= 0.3 is 6.18 Å². The zero-order valence-electron chi connectivity index (χ0n) is 16.7. The molecule has 0 aliphatic rings. The Bertz CT molecular complexity index is 1100. The van der Waals surface area contributed by atoms with Gasteiger partial charge in [0.05, 0.1) is 18.6 Å². The van der Waals surface area contributed by atoms with E-state index < -0.39 is 23.6 Å². The van der Waals surface area contributed by atoms with Gasteiger partial charge in [-0.2, -0.15) is 13.2 Å². The Labute approximate surface area is 181 Å². The molecule has 0 radical (unpaired) electrons. The standard InChI is InChI=1S/C23H19F3N2O4/c24-23(25,26)16-4-2-6-20(14-16)32-19-5-1-3-15(13-19)22(30)28-17-7-9-18(10-8-17)31-12-11-21(27)29/h1-10,13-14H,11-12H2,(H2,27,29)(H,28,30). The number of primary amides is 1. The van der Waals surface area contributed by atoms with Crippen molar-refractivity contribution in [2.45, 2.75) is 12.6 Å². The molecule has 0 aliphatic heterocycles. The van der Waals surface area contributed by atoms with Gasteiger partial charge < -0.3 is 20.5 Å². The van der Waals surface area contributed by atoms with E-state index in [4.69, 9.17) is 15.2 Å². The van der Waals surface area contributed by atoms with Gasteiger partial charge in [0.15, 0.2) is 0 Å². The van der Waals surface area contributed by atoms with Crippen LogP contribution in [0.3, 0.4) is 0 Å². The Morgan fingerprint density at radius 2 is 1.53 bits per heavy atom. The minimum Gasteiger partial charge on any atom is -0.493 e. The molecular weight excluding hydrogens is 425 g/mol. The van der Waals surface area contributed by atoms with Gasteiger partial charge in [0.2, 0.25) is 5.91 Å². The van der Waals surface area contributed by atoms with Crippen molar-refractivity contribution in [3.05, 3.63) is 83.9 Å². The van der Waals surface area contributed by atoms with E-state index in [-0.39, 0.29) is 30.1 Å². The number of benzene rings is 3. The number of carbonyl (C=O) groups excluding carboxylic acids is 2. The van der Waals surface area contributed by atoms with Gasteiger partial charge in [-0.3, -0.25) is 9.59 Å². The van der Waals surface area contributed by atoms with Gasteiger partial charge in [0.25, 0.3) is 5.91 Å². The highest BCUT2D eigenvalue weighted by molar-refractivity contribution is 6.04. The number of halogens is 3. The molecule has 0 unspecified atom stereocenters. The molecule has 9 heteroatoms. The summed E-state index contributed by atoms with van der Waals surface area (Å²) in [4.78, 5) is 23.3. The van der Waals surface area contributed by atoms with Crippen molar-refractivity contribution in [3.63, 3.8) is 0 Å². The van der Waals surface area contributed by atoms with Crippen LogP contribution in [0.1, 0.15) is 22.3 Å². The average molecular weight is 444 g/mol. The molecule has 3 rings (SSSR count). The van der Waals surface area contributed by atoms with Crippen LogP contribution in [0.25, 0.3) is 0 Å². The van der Waals surface area contributed by atoms with E-state index in [0.717, 1.165) is 12.1 Å². The van der Waals surface area contributed by atoms with Crippen LogP contribution in [-0.2, 0) is 11.0 Å². The number of amides is 2. The Morgan fingerprint density at radius 3 is 2.19 bits per heavy atom. The first kappa shape index (κ1) is 22.7. The Balaban J connectivity index is 1.63. The second kappa shape index (κ2) is 9.86. The van der Waals surface area contributed by atoms with Crippen LogP contribution in [-0.4, -0.2) is 18.4 Å². The third-order valence-corrected chi connectivity index (χ3v) is 4.22. The van der Waals surface area contributed by atoms with Crippen LogP contribution < -0.4 is 20.5 Å². The summed E-state index contributed by atoms with van der Waals surface area (Å²) in [5, 5.41) is 2.71. The summed E-state index contributed by atoms with van der Waals surface area (Å²) in [6.07, 6.45) is -4.39. The summed E-state index contributed by atoms with van der Waals surface area (Å²) in [6.45, 7) is 0.152. The lowest BCUT2D eigenvalue weighted by Crippen LogP contribution is -2.14. The molecule has 3 N–H and O–H groups in total. The van der Waals surface area contributed by atoms with Crippen molar-refractivity contribution in [2.75, 3.05) is 11.9 Å². The number of hydrogen-bond acceptors (Lipinski definition) is 4. The molecule has 0 fully saturated rings. The van der Waals surface area contributed by atoms with Gasteiger partial charge in [-0.05, 0) is 60.7 Å². The highest BCUT2D eigenvalue weighted by Gasteiger charge is 2.30. The van der Waals surface area contributed by atoms with E-state index in [9.17, 15) is 22.8 Å². The van der Waals surface area contributed by atoms with Crippen LogP contribution in [0, 0.1) is 0 Å². The summed E-state index contributed by atoms with van der Waals surface area (Å²) in [5.74, 6) is -0.157. The summed E-state index contributed by atoms with van der Waals surface area (Å²) >= 11 is 0. The molecule has 3 aromatic carbocycles. The number of anilines is 1. The maximum atomic E-state index is 12.9. The average Bonchev–Trinajstić information content (AvgIpc) is 2.74. The molecule has 0 heterocycles. The van der Waals surface area contributed by atoms with Crippen LogP contribution in [0.4, 0.5) is 18.9 Å². The molecule has 0 spiro atoms. The molecule has 0 saturated carbocycles. The normalized spacial score (nSPS) is 11.0. The fraction of sp³-hybridized carbons (Fsp3) is 0.130. The Morgan fingerprint density at radius 1 is 0.875 bits per heavy atom. The van der Waals surface area contributed by atoms with Crippen LogP contribution >= 0.6 is 0 Å². The topological polar surface area (TPSA) is 90.7 Å². The molecule has 32 heavy (non-hydrogen) atoms. The first-order chi connectivity index (χ1) is 15.2. The molecule has 6 nitrogen and oxygen atoms in total. The molecule has 2 amide bonds. The number of rotatable bonds is 8. The molecule has 0 bridgehead atoms. The molecule has 0 atom stereocenters. The lowest BCUT2D eigenvalue weighted by atomic mass is 10.2. The zero-order valence-corrected chi connectivity index (χ0v) is 16.7. The van der Waals surface area contributed by atoms with Crippen LogP contribution in [0.5, 0.6) is 17.2 Å². The monoisotopic (exact) mass is 444 g/mol. The summed E-state index contributed by atoms with van der Waals surface area (Å²) < 4.78 is 49.5. The first-order valence-electron chi connectivity index (χ1n) is 9.48. The number of alkyl halides is 3. The third kappa shape index (κ3) is 6.49. The fourth-order valence-electron chi connectivity index (χ4n) is 2.68. The highest BCUT2D eigenvalue weighted by Crippen LogP contribution is 2.32. The number of nitrogens with one attached hydrogen (secondary N) is 1. The van der Waals surface area contributed by atoms with Crippen molar-refractivity contribution in [1.29, 1.82) is 0 Å². The van der Waals surface area contributed by atoms with Crippen molar-refractivity contribution in [1.82, 2.24) is 0 Å². The highest BCUT2D eigenvalue weighted by atomic mass is 19.4. The van der Waals surface area contributed by atoms with Crippen LogP contribution in [0.15, 0.2) is 72.8 Å². The number of hydrogen-bond donors (Lipinski definition) is 2. The largest absolute Gasteiger partial charge is 0.493 e. The van der Waals surface area contributed by atoms with E-state index in [1.54, 1.807) is 36.4 Å². The predicted molar refractivity (Wildman–Crippen MR) is 112 cm³/mol. The lowest BCUT2D eigenvalue weighted by molar-refractivity contribution is -0.137. The van der Waals surface area contributed by atoms with Crippen LogP contribution in [0.2, 0.25) is 0 Å². The molecule has 0 aromatic heterocycles. The minimum absolute atomic E-state index is 0.00399. The molecule has 0 aliphatic carbocycles. The quantitative estimate of drug-likeness (QED) is 0.511. The fourth-order valence-corrected chi connectivity index (χ4v) is 2.68. The predicted octanol–water partition coefficient (Wildman–Crippen LogP) is 5.00. The Kier molecular flexibility index (Phi) is 6.99. The second-order valence-corrected chi connectivity index (χ2v) is 6.70. The summed E-state index contributed by atoms with van der Waals surface area (Å²) in [5.41, 5.74) is 4.98. The van der Waals surface area contributed by atoms with E-state index in [0.29, 0.717) is 11.4 Å². The smallest absolute Gasteiger partial charge is 0.416 e. The van der Waals surface area contributed by atoms with Crippen molar-refractivity contribution < 1.29 is 32.2 Å². The number of carbonyl (C=O) groups is 2. The van der Waals surface area contributed by atoms with Crippen molar-refractivity contribution >= 4 is 17.5 Å². The lowest BCUT2D eigenvalue weighted by Gasteiger charge is -2.11. The van der Waals surface area contributed by atoms with E-state index >= 15 is 0 Å². The maximum absolute atomic E-state index is 12.9. The molecular formula is C23H19F3N2O4. The molecule has 3 aromatic rings. The maximum Gasteiger partial charge on any atom is 0.416 e. The van der Waals surface area contributed by atoms with Gasteiger partial charge in [-0.1, -0.05) is 12.1 Å². The van der Waals surface area contributed by atoms with Crippen molar-refractivity contribution in [2.24, 2.45) is 5.73 Å². The van der Waals surface area contributed by atoms with E-state index in [1.165, 1.54) is 24.3 Å². The zero-order chi connectivity index (χ0) is 23.1. The van der Waals surface area contributed by atoms with Gasteiger partial charge in [-0.15, -0.1) is 0 Å². The van der Waals surface area contributed by atoms with Gasteiger partial charge in [0, 0.05) is 11.3 Å². The third-order valence-electron chi connectivity index (χ3n) is 4.22. The minimum atomic E-state index is -4.48. The van der Waals surface area contributed by atoms with E-state index in [2.05, 4.69) is 5.32 Å². The first-order valence-corrected chi connectivity index (χ1v) is 9.48. The summed E-state index contributed by atoms with van der Waals surface area (Å²) in [7, 11) is 0. The van der Waals surface area contributed by atoms with Gasteiger partial charge in [0.1, 0.15) is 17.2 Å². The number of nitrogens with two attached hydrogens (primary N) is 1. The molecule has 166 valence electrons. The summed E-state index contributed by atoms with van der Waals surface area (Å²) in [6, 6.07) is 17.1. The van der Waals surface area contributed by atoms with Crippen molar-refractivity contribution in [3.8, 4) is 17.2 Å². The number of ether oxygens (including phenoxy) is 2.